The lowest BCUT2D eigenvalue weighted by Gasteiger charge is -2.06. The van der Waals surface area contributed by atoms with Crippen LogP contribution in [0.1, 0.15) is 13.8 Å². The van der Waals surface area contributed by atoms with Crippen LogP contribution in [0.15, 0.2) is 46.2 Å². The van der Waals surface area contributed by atoms with Gasteiger partial charge in [0.05, 0.1) is 34.0 Å². The number of nitrogens with two attached hydrogens (primary N) is 1. The molecular weight excluding hydrogens is 436 g/mol. The van der Waals surface area contributed by atoms with Crippen molar-refractivity contribution in [3.63, 3.8) is 0 Å². The minimum atomic E-state index is -3.48. The van der Waals surface area contributed by atoms with Crippen LogP contribution in [-0.2, 0) is 19.7 Å². The smallest absolute Gasteiger partial charge is 0.274 e. The van der Waals surface area contributed by atoms with E-state index in [-0.39, 0.29) is 21.2 Å². The number of ether oxygens (including phenoxy) is 2. The number of non-ortho nitro benzene ring substituents is 1. The van der Waals surface area contributed by atoms with Gasteiger partial charge in [-0.15, -0.1) is 0 Å². The number of hydrogen-bond donors (Lipinski definition) is 1. The quantitative estimate of drug-likeness (QED) is 0.372. The summed E-state index contributed by atoms with van der Waals surface area (Å²) in [6.07, 6.45) is 2.12. The Morgan fingerprint density at radius 2 is 1.27 bits per heavy atom. The highest BCUT2D eigenvalue weighted by atomic mass is 32.2. The number of nitro groups is 1. The third-order valence-corrected chi connectivity index (χ3v) is 5.64. The van der Waals surface area contributed by atoms with Crippen molar-refractivity contribution in [2.45, 2.75) is 23.6 Å². The monoisotopic (exact) mass is 460 g/mol. The molecule has 2 N–H and O–H groups in total. The maximum Gasteiger partial charge on any atom is 0.274 e. The molecule has 0 heterocycles. The molecule has 30 heavy (non-hydrogen) atoms. The Kier molecular flexibility index (Phi) is 8.61. The molecule has 0 unspecified atom stereocenters. The molecule has 12 heteroatoms. The van der Waals surface area contributed by atoms with Gasteiger partial charge in [0, 0.05) is 30.3 Å². The summed E-state index contributed by atoms with van der Waals surface area (Å²) in [6.45, 7) is 4.32. The summed E-state index contributed by atoms with van der Waals surface area (Å²) >= 11 is 0. The van der Waals surface area contributed by atoms with Crippen LogP contribution >= 0.6 is 0 Å². The van der Waals surface area contributed by atoms with E-state index in [1.807, 2.05) is 6.92 Å². The Bertz CT molecular complexity index is 1110. The van der Waals surface area contributed by atoms with E-state index in [0.717, 1.165) is 18.6 Å². The molecule has 0 saturated heterocycles. The van der Waals surface area contributed by atoms with E-state index < -0.39 is 24.6 Å². The maximum absolute atomic E-state index is 11.3. The van der Waals surface area contributed by atoms with Gasteiger partial charge in [-0.2, -0.15) is 0 Å². The molecule has 0 radical (unpaired) electrons. The average molecular weight is 461 g/mol. The van der Waals surface area contributed by atoms with Crippen molar-refractivity contribution in [1.82, 2.24) is 0 Å². The van der Waals surface area contributed by atoms with Gasteiger partial charge in [-0.05, 0) is 32.0 Å². The standard InChI is InChI=1S/C9H11NO5S.C9H13NO3S/c1-3-15-8-4-7(10(11)12)5-9(6-8)16(2,13)14;1-3-13-8-4-7(10)5-9(6-8)14(2,11)12/h4-6H,3H2,1-2H3;4-6H,3,10H2,1-2H3. The summed E-state index contributed by atoms with van der Waals surface area (Å²) in [5.74, 6) is 0.657. The first-order chi connectivity index (χ1) is 13.8. The minimum Gasteiger partial charge on any atom is -0.494 e. The molecule has 0 aliphatic rings. The predicted molar refractivity (Wildman–Crippen MR) is 113 cm³/mol. The van der Waals surface area contributed by atoms with Gasteiger partial charge in [0.1, 0.15) is 11.5 Å². The second-order valence-corrected chi connectivity index (χ2v) is 10.1. The van der Waals surface area contributed by atoms with E-state index in [1.165, 1.54) is 24.3 Å². The van der Waals surface area contributed by atoms with Crippen molar-refractivity contribution in [3.8, 4) is 11.5 Å². The number of sulfone groups is 2. The van der Waals surface area contributed by atoms with Crippen LogP contribution in [0.2, 0.25) is 0 Å². The molecular formula is C18H24N2O8S2. The van der Waals surface area contributed by atoms with Crippen LogP contribution in [-0.4, -0.2) is 47.5 Å². The van der Waals surface area contributed by atoms with Gasteiger partial charge in [-0.3, -0.25) is 10.1 Å². The Morgan fingerprint density at radius 1 is 0.833 bits per heavy atom. The molecule has 2 rings (SSSR count). The highest BCUT2D eigenvalue weighted by Crippen LogP contribution is 2.25. The molecule has 2 aromatic carbocycles. The lowest BCUT2D eigenvalue weighted by Crippen LogP contribution is -2.01. The van der Waals surface area contributed by atoms with Crippen LogP contribution in [0.25, 0.3) is 0 Å². The minimum absolute atomic E-state index is 0.120. The van der Waals surface area contributed by atoms with Crippen molar-refractivity contribution in [2.75, 3.05) is 31.5 Å². The Balaban J connectivity index is 0.000000303. The third kappa shape index (κ3) is 7.87. The summed E-state index contributed by atoms with van der Waals surface area (Å²) in [5.41, 5.74) is 5.63. The van der Waals surface area contributed by atoms with Gasteiger partial charge >= 0.3 is 0 Å². The van der Waals surface area contributed by atoms with Crippen molar-refractivity contribution in [3.05, 3.63) is 46.5 Å². The molecule has 2 aromatic rings. The van der Waals surface area contributed by atoms with Gasteiger partial charge in [0.15, 0.2) is 19.7 Å². The molecule has 0 amide bonds. The largest absolute Gasteiger partial charge is 0.494 e. The molecule has 166 valence electrons. The van der Waals surface area contributed by atoms with Gasteiger partial charge < -0.3 is 15.2 Å². The van der Waals surface area contributed by atoms with E-state index in [9.17, 15) is 26.9 Å². The average Bonchev–Trinajstić information content (AvgIpc) is 2.60. The molecule has 0 spiro atoms. The van der Waals surface area contributed by atoms with Crippen LogP contribution in [0, 0.1) is 10.1 Å². The molecule has 0 saturated carbocycles. The molecule has 0 aliphatic carbocycles. The van der Waals surface area contributed by atoms with Crippen LogP contribution in [0.3, 0.4) is 0 Å². The van der Waals surface area contributed by atoms with Crippen LogP contribution < -0.4 is 15.2 Å². The highest BCUT2D eigenvalue weighted by Gasteiger charge is 2.16. The summed E-state index contributed by atoms with van der Waals surface area (Å²) < 4.78 is 55.3. The van der Waals surface area contributed by atoms with Crippen molar-refractivity contribution >= 4 is 31.0 Å². The van der Waals surface area contributed by atoms with E-state index in [0.29, 0.717) is 24.7 Å². The second kappa shape index (κ2) is 10.3. The third-order valence-electron chi connectivity index (χ3n) is 3.46. The lowest BCUT2D eigenvalue weighted by molar-refractivity contribution is -0.385. The normalized spacial score (nSPS) is 11.2. The lowest BCUT2D eigenvalue weighted by atomic mass is 10.3. The predicted octanol–water partition coefficient (Wildman–Crippen LogP) is 2.47. The SMILES string of the molecule is CCOc1cc(N)cc(S(C)(=O)=O)c1.CCOc1cc([N+](=O)[O-])cc(S(C)(=O)=O)c1. The van der Waals surface area contributed by atoms with Crippen molar-refractivity contribution in [1.29, 1.82) is 0 Å². The second-order valence-electron chi connectivity index (χ2n) is 6.07. The van der Waals surface area contributed by atoms with Gasteiger partial charge in [0.2, 0.25) is 0 Å². The van der Waals surface area contributed by atoms with Crippen molar-refractivity contribution < 1.29 is 31.2 Å². The number of benzene rings is 2. The Morgan fingerprint density at radius 3 is 1.67 bits per heavy atom. The van der Waals surface area contributed by atoms with Crippen LogP contribution in [0.4, 0.5) is 11.4 Å². The van der Waals surface area contributed by atoms with E-state index in [1.54, 1.807) is 13.0 Å². The number of nitro benzene ring substituents is 1. The van der Waals surface area contributed by atoms with Crippen LogP contribution in [0.5, 0.6) is 11.5 Å². The Labute approximate surface area is 175 Å². The first kappa shape index (κ1) is 25.2. The van der Waals surface area contributed by atoms with Crippen molar-refractivity contribution in [2.24, 2.45) is 0 Å². The summed E-state index contributed by atoms with van der Waals surface area (Å²) in [7, 11) is -6.71. The number of rotatable bonds is 7. The number of nitrogen functional groups attached to an aromatic ring is 1. The fraction of sp³-hybridized carbons (Fsp3) is 0.333. The van der Waals surface area contributed by atoms with Gasteiger partial charge in [-0.25, -0.2) is 16.8 Å². The number of hydrogen-bond acceptors (Lipinski definition) is 9. The molecule has 10 nitrogen and oxygen atoms in total. The summed E-state index contributed by atoms with van der Waals surface area (Å²) in [5, 5.41) is 10.6. The Hall–Kier alpha value is -2.86. The molecule has 0 aliphatic heterocycles. The van der Waals surface area contributed by atoms with E-state index in [2.05, 4.69) is 0 Å². The first-order valence-corrected chi connectivity index (χ1v) is 12.4. The van der Waals surface area contributed by atoms with E-state index >= 15 is 0 Å². The fourth-order valence-electron chi connectivity index (χ4n) is 2.18. The van der Waals surface area contributed by atoms with Gasteiger partial charge in [-0.1, -0.05) is 0 Å². The molecule has 0 bridgehead atoms. The highest BCUT2D eigenvalue weighted by molar-refractivity contribution is 7.91. The maximum atomic E-state index is 11.3. The fourth-order valence-corrected chi connectivity index (χ4v) is 3.53. The number of nitrogens with zero attached hydrogens (tertiary/aromatic N) is 1. The zero-order chi connectivity index (χ0) is 23.1. The molecule has 0 aromatic heterocycles. The van der Waals surface area contributed by atoms with E-state index in [4.69, 9.17) is 15.2 Å². The zero-order valence-electron chi connectivity index (χ0n) is 17.0. The summed E-state index contributed by atoms with van der Waals surface area (Å²) in [6, 6.07) is 7.95. The van der Waals surface area contributed by atoms with Gasteiger partial charge in [0.25, 0.3) is 5.69 Å². The summed E-state index contributed by atoms with van der Waals surface area (Å²) in [4.78, 5) is 10.00. The topological polar surface area (TPSA) is 156 Å². The number of anilines is 1. The molecule has 0 fully saturated rings. The first-order valence-electron chi connectivity index (χ1n) is 8.63. The molecule has 0 atom stereocenters. The zero-order valence-corrected chi connectivity index (χ0v) is 18.6.